The van der Waals surface area contributed by atoms with Crippen LogP contribution in [0.4, 0.5) is 5.69 Å². The van der Waals surface area contributed by atoms with E-state index in [2.05, 4.69) is 24.4 Å². The molecular weight excluding hydrogens is 374 g/mol. The lowest BCUT2D eigenvalue weighted by molar-refractivity contribution is -0.116. The van der Waals surface area contributed by atoms with Crippen molar-refractivity contribution in [3.05, 3.63) is 88.5 Å². The van der Waals surface area contributed by atoms with Gasteiger partial charge in [-0.3, -0.25) is 4.79 Å². The number of hydrogen-bond donors (Lipinski definition) is 1. The summed E-state index contributed by atoms with van der Waals surface area (Å²) < 4.78 is 11.6. The number of anilines is 1. The molecule has 0 atom stereocenters. The van der Waals surface area contributed by atoms with E-state index >= 15 is 0 Å². The summed E-state index contributed by atoms with van der Waals surface area (Å²) in [5.41, 5.74) is 6.29. The molecule has 0 saturated heterocycles. The van der Waals surface area contributed by atoms with Crippen molar-refractivity contribution in [3.63, 3.8) is 0 Å². The Morgan fingerprint density at radius 2 is 1.63 bits per heavy atom. The molecule has 0 aromatic heterocycles. The van der Waals surface area contributed by atoms with Gasteiger partial charge in [0, 0.05) is 12.1 Å². The predicted molar refractivity (Wildman–Crippen MR) is 121 cm³/mol. The summed E-state index contributed by atoms with van der Waals surface area (Å²) in [4.78, 5) is 12.6. The van der Waals surface area contributed by atoms with Crippen molar-refractivity contribution in [1.82, 2.24) is 0 Å². The number of rotatable bonds is 8. The first-order valence-corrected chi connectivity index (χ1v) is 10.2. The van der Waals surface area contributed by atoms with Crippen LogP contribution in [0.15, 0.2) is 60.7 Å². The molecule has 3 aromatic rings. The third-order valence-electron chi connectivity index (χ3n) is 5.07. The van der Waals surface area contributed by atoms with Gasteiger partial charge in [-0.05, 0) is 55.5 Å². The molecule has 0 radical (unpaired) electrons. The van der Waals surface area contributed by atoms with Gasteiger partial charge in [-0.2, -0.15) is 0 Å². The number of nitrogens with one attached hydrogen (secondary N) is 1. The standard InChI is InChI=1S/C26H29NO3/c1-18-15-19(2)25(20(3)16-18)27-24(28)14-13-22-11-8-12-23(29-4)26(22)30-17-21-9-6-5-7-10-21/h5-12,15-16H,13-14,17H2,1-4H3,(H,27,28). The summed E-state index contributed by atoms with van der Waals surface area (Å²) >= 11 is 0. The van der Waals surface area contributed by atoms with Crippen LogP contribution in [0.1, 0.15) is 34.2 Å². The molecule has 30 heavy (non-hydrogen) atoms. The van der Waals surface area contributed by atoms with Crippen LogP contribution in [-0.4, -0.2) is 13.0 Å². The van der Waals surface area contributed by atoms with E-state index in [4.69, 9.17) is 9.47 Å². The normalized spacial score (nSPS) is 10.5. The van der Waals surface area contributed by atoms with Gasteiger partial charge in [0.25, 0.3) is 0 Å². The number of hydrogen-bond acceptors (Lipinski definition) is 3. The molecular formula is C26H29NO3. The van der Waals surface area contributed by atoms with Gasteiger partial charge in [0.2, 0.25) is 5.91 Å². The van der Waals surface area contributed by atoms with E-state index in [0.717, 1.165) is 27.9 Å². The zero-order valence-corrected chi connectivity index (χ0v) is 18.1. The Hall–Kier alpha value is -3.27. The van der Waals surface area contributed by atoms with E-state index < -0.39 is 0 Å². The predicted octanol–water partition coefficient (Wildman–Crippen LogP) is 5.77. The molecule has 0 aliphatic carbocycles. The molecule has 1 N–H and O–H groups in total. The number of carbonyl (C=O) groups excluding carboxylic acids is 1. The van der Waals surface area contributed by atoms with Gasteiger partial charge >= 0.3 is 0 Å². The molecule has 0 heterocycles. The zero-order valence-electron chi connectivity index (χ0n) is 18.1. The fraction of sp³-hybridized carbons (Fsp3) is 0.269. The Kier molecular flexibility index (Phi) is 7.12. The summed E-state index contributed by atoms with van der Waals surface area (Å²) in [7, 11) is 1.63. The van der Waals surface area contributed by atoms with E-state index in [-0.39, 0.29) is 5.91 Å². The Bertz CT molecular complexity index is 989. The van der Waals surface area contributed by atoms with Crippen LogP contribution in [0.25, 0.3) is 0 Å². The Labute approximate surface area is 178 Å². The fourth-order valence-electron chi connectivity index (χ4n) is 3.64. The highest BCUT2D eigenvalue weighted by Gasteiger charge is 2.14. The van der Waals surface area contributed by atoms with Crippen molar-refractivity contribution in [1.29, 1.82) is 0 Å². The number of carbonyl (C=O) groups is 1. The van der Waals surface area contributed by atoms with Crippen molar-refractivity contribution in [2.75, 3.05) is 12.4 Å². The van der Waals surface area contributed by atoms with Crippen molar-refractivity contribution < 1.29 is 14.3 Å². The van der Waals surface area contributed by atoms with Crippen LogP contribution in [0.5, 0.6) is 11.5 Å². The second kappa shape index (κ2) is 9.97. The lowest BCUT2D eigenvalue weighted by atomic mass is 10.0. The minimum atomic E-state index is -0.0121. The molecule has 3 rings (SSSR count). The maximum Gasteiger partial charge on any atom is 0.224 e. The number of aryl methyl sites for hydroxylation is 4. The summed E-state index contributed by atoms with van der Waals surface area (Å²) in [6, 6.07) is 20.0. The Balaban J connectivity index is 1.69. The first-order valence-electron chi connectivity index (χ1n) is 10.2. The highest BCUT2D eigenvalue weighted by molar-refractivity contribution is 5.92. The second-order valence-corrected chi connectivity index (χ2v) is 7.54. The lowest BCUT2D eigenvalue weighted by Crippen LogP contribution is -2.14. The van der Waals surface area contributed by atoms with Crippen LogP contribution in [0.3, 0.4) is 0 Å². The second-order valence-electron chi connectivity index (χ2n) is 7.54. The van der Waals surface area contributed by atoms with E-state index in [9.17, 15) is 4.79 Å². The number of amides is 1. The van der Waals surface area contributed by atoms with Crippen LogP contribution >= 0.6 is 0 Å². The minimum absolute atomic E-state index is 0.0121. The number of methoxy groups -OCH3 is 1. The molecule has 4 nitrogen and oxygen atoms in total. The molecule has 0 saturated carbocycles. The smallest absolute Gasteiger partial charge is 0.224 e. The Morgan fingerprint density at radius 3 is 2.30 bits per heavy atom. The van der Waals surface area contributed by atoms with E-state index in [1.165, 1.54) is 5.56 Å². The number of benzene rings is 3. The van der Waals surface area contributed by atoms with Crippen molar-refractivity contribution in [2.24, 2.45) is 0 Å². The topological polar surface area (TPSA) is 47.6 Å². The van der Waals surface area contributed by atoms with Gasteiger partial charge in [-0.25, -0.2) is 0 Å². The first-order chi connectivity index (χ1) is 14.5. The van der Waals surface area contributed by atoms with Crippen LogP contribution in [0.2, 0.25) is 0 Å². The fourth-order valence-corrected chi connectivity index (χ4v) is 3.64. The average Bonchev–Trinajstić information content (AvgIpc) is 2.74. The SMILES string of the molecule is COc1cccc(CCC(=O)Nc2c(C)cc(C)cc2C)c1OCc1ccccc1. The molecule has 0 aliphatic heterocycles. The number of ether oxygens (including phenoxy) is 2. The highest BCUT2D eigenvalue weighted by atomic mass is 16.5. The van der Waals surface area contributed by atoms with Gasteiger partial charge in [0.15, 0.2) is 11.5 Å². The van der Waals surface area contributed by atoms with Gasteiger partial charge in [0.05, 0.1) is 7.11 Å². The van der Waals surface area contributed by atoms with Gasteiger partial charge in [0.1, 0.15) is 6.61 Å². The van der Waals surface area contributed by atoms with Crippen LogP contribution in [0, 0.1) is 20.8 Å². The Morgan fingerprint density at radius 1 is 0.933 bits per heavy atom. The largest absolute Gasteiger partial charge is 0.493 e. The van der Waals surface area contributed by atoms with E-state index in [1.807, 2.05) is 62.4 Å². The molecule has 0 bridgehead atoms. The molecule has 0 spiro atoms. The lowest BCUT2D eigenvalue weighted by Gasteiger charge is -2.16. The van der Waals surface area contributed by atoms with Gasteiger partial charge < -0.3 is 14.8 Å². The van der Waals surface area contributed by atoms with Crippen molar-refractivity contribution in [2.45, 2.75) is 40.2 Å². The van der Waals surface area contributed by atoms with Crippen molar-refractivity contribution in [3.8, 4) is 11.5 Å². The summed E-state index contributed by atoms with van der Waals surface area (Å²) in [5, 5.41) is 3.07. The third-order valence-corrected chi connectivity index (χ3v) is 5.07. The highest BCUT2D eigenvalue weighted by Crippen LogP contribution is 2.33. The van der Waals surface area contributed by atoms with E-state index in [0.29, 0.717) is 30.9 Å². The van der Waals surface area contributed by atoms with Crippen molar-refractivity contribution >= 4 is 11.6 Å². The molecule has 0 unspecified atom stereocenters. The van der Waals surface area contributed by atoms with Gasteiger partial charge in [-0.15, -0.1) is 0 Å². The minimum Gasteiger partial charge on any atom is -0.493 e. The zero-order chi connectivity index (χ0) is 21.5. The molecule has 156 valence electrons. The molecule has 1 amide bonds. The molecule has 0 aliphatic rings. The maximum atomic E-state index is 12.6. The van der Waals surface area contributed by atoms with Crippen LogP contribution < -0.4 is 14.8 Å². The monoisotopic (exact) mass is 403 g/mol. The summed E-state index contributed by atoms with van der Waals surface area (Å²) in [6.07, 6.45) is 0.929. The molecule has 3 aromatic carbocycles. The molecule has 4 heteroatoms. The van der Waals surface area contributed by atoms with Gasteiger partial charge in [-0.1, -0.05) is 60.2 Å². The summed E-state index contributed by atoms with van der Waals surface area (Å²) in [6.45, 7) is 6.55. The maximum absolute atomic E-state index is 12.6. The van der Waals surface area contributed by atoms with Crippen LogP contribution in [-0.2, 0) is 17.8 Å². The number of para-hydroxylation sites is 1. The summed E-state index contributed by atoms with van der Waals surface area (Å²) in [5.74, 6) is 1.36. The first kappa shape index (κ1) is 21.4. The quantitative estimate of drug-likeness (QED) is 0.519. The molecule has 0 fully saturated rings. The average molecular weight is 404 g/mol. The van der Waals surface area contributed by atoms with E-state index in [1.54, 1.807) is 7.11 Å². The third kappa shape index (κ3) is 5.41.